The van der Waals surface area contributed by atoms with E-state index in [1.807, 2.05) is 0 Å². The number of anilines is 1. The molecule has 1 N–H and O–H groups in total. The molecule has 0 atom stereocenters. The topological polar surface area (TPSA) is 40.1 Å². The highest BCUT2D eigenvalue weighted by atomic mass is 32.1. The summed E-state index contributed by atoms with van der Waals surface area (Å²) < 4.78 is 3.07. The first-order chi connectivity index (χ1) is 10.2. The van der Waals surface area contributed by atoms with Crippen LogP contribution in [0.5, 0.6) is 0 Å². The standard InChI is InChI=1S/C15H27N5S/c1-18-10-8-12(9-11-18)19(2)14-16-17-15(21)20(14)13-6-4-3-5-7-13/h12-13H,3-11H2,1-2H3,(H,17,21). The van der Waals surface area contributed by atoms with E-state index < -0.39 is 0 Å². The van der Waals surface area contributed by atoms with Crippen molar-refractivity contribution in [2.24, 2.45) is 0 Å². The SMILES string of the molecule is CN1CCC(N(C)c2n[nH]c(=S)n2C2CCCCC2)CC1. The predicted octanol–water partition coefficient (Wildman–Crippen LogP) is 2.98. The first kappa shape index (κ1) is 15.0. The quantitative estimate of drug-likeness (QED) is 0.872. The Morgan fingerprint density at radius 1 is 1.14 bits per heavy atom. The molecule has 1 saturated carbocycles. The fourth-order valence-electron chi connectivity index (χ4n) is 3.76. The Bertz CT molecular complexity index is 508. The van der Waals surface area contributed by atoms with Gasteiger partial charge in [0.25, 0.3) is 0 Å². The van der Waals surface area contributed by atoms with E-state index in [0.717, 1.165) is 10.7 Å². The van der Waals surface area contributed by atoms with E-state index >= 15 is 0 Å². The molecule has 3 rings (SSSR count). The second kappa shape index (κ2) is 6.48. The summed E-state index contributed by atoms with van der Waals surface area (Å²) in [5, 5.41) is 7.57. The lowest BCUT2D eigenvalue weighted by molar-refractivity contribution is 0.250. The van der Waals surface area contributed by atoms with Gasteiger partial charge in [-0.25, -0.2) is 5.10 Å². The number of nitrogens with one attached hydrogen (secondary N) is 1. The van der Waals surface area contributed by atoms with Crippen LogP contribution in [0, 0.1) is 4.77 Å². The molecule has 0 spiro atoms. The highest BCUT2D eigenvalue weighted by Crippen LogP contribution is 2.32. The minimum absolute atomic E-state index is 0.536. The van der Waals surface area contributed by atoms with Crippen LogP contribution in [0.2, 0.25) is 0 Å². The van der Waals surface area contributed by atoms with Crippen molar-refractivity contribution in [3.8, 4) is 0 Å². The summed E-state index contributed by atoms with van der Waals surface area (Å²) in [6, 6.07) is 1.11. The summed E-state index contributed by atoms with van der Waals surface area (Å²) in [5.74, 6) is 1.04. The number of aromatic nitrogens is 3. The number of hydrogen-bond donors (Lipinski definition) is 1. The van der Waals surface area contributed by atoms with E-state index in [1.54, 1.807) is 0 Å². The Labute approximate surface area is 132 Å². The third kappa shape index (κ3) is 3.16. The maximum Gasteiger partial charge on any atom is 0.225 e. The number of piperidine rings is 1. The molecule has 0 unspecified atom stereocenters. The fourth-order valence-corrected chi connectivity index (χ4v) is 4.04. The highest BCUT2D eigenvalue weighted by Gasteiger charge is 2.27. The Balaban J connectivity index is 1.80. The molecule has 2 fully saturated rings. The molecule has 5 nitrogen and oxygen atoms in total. The number of rotatable bonds is 3. The van der Waals surface area contributed by atoms with Crippen LogP contribution in [0.3, 0.4) is 0 Å². The summed E-state index contributed by atoms with van der Waals surface area (Å²) in [5.41, 5.74) is 0. The molecule has 1 aromatic heterocycles. The van der Waals surface area contributed by atoms with Gasteiger partial charge in [0.2, 0.25) is 5.95 Å². The van der Waals surface area contributed by atoms with E-state index in [2.05, 4.69) is 38.7 Å². The molecule has 0 bridgehead atoms. The smallest absolute Gasteiger partial charge is 0.225 e. The van der Waals surface area contributed by atoms with Gasteiger partial charge in [0.1, 0.15) is 0 Å². The van der Waals surface area contributed by atoms with E-state index in [4.69, 9.17) is 12.2 Å². The summed E-state index contributed by atoms with van der Waals surface area (Å²) in [7, 11) is 4.38. The zero-order chi connectivity index (χ0) is 14.8. The van der Waals surface area contributed by atoms with Crippen LogP contribution in [0.25, 0.3) is 0 Å². The van der Waals surface area contributed by atoms with Gasteiger partial charge in [0, 0.05) is 19.1 Å². The second-order valence-electron chi connectivity index (χ2n) is 6.64. The van der Waals surface area contributed by atoms with Crippen molar-refractivity contribution in [1.82, 2.24) is 19.7 Å². The Kier molecular flexibility index (Phi) is 4.64. The van der Waals surface area contributed by atoms with E-state index in [1.165, 1.54) is 58.0 Å². The molecule has 1 aromatic rings. The predicted molar refractivity (Wildman–Crippen MR) is 88.5 cm³/mol. The number of nitrogens with zero attached hydrogens (tertiary/aromatic N) is 4. The van der Waals surface area contributed by atoms with Crippen molar-refractivity contribution in [3.63, 3.8) is 0 Å². The zero-order valence-electron chi connectivity index (χ0n) is 13.2. The van der Waals surface area contributed by atoms with Gasteiger partial charge in [0.15, 0.2) is 4.77 Å². The molecular formula is C15H27N5S. The molecule has 0 aromatic carbocycles. The molecule has 118 valence electrons. The molecule has 1 saturated heterocycles. The molecule has 1 aliphatic carbocycles. The van der Waals surface area contributed by atoms with Gasteiger partial charge >= 0.3 is 0 Å². The van der Waals surface area contributed by atoms with Crippen molar-refractivity contribution in [2.45, 2.75) is 57.0 Å². The Morgan fingerprint density at radius 2 is 1.81 bits per heavy atom. The van der Waals surface area contributed by atoms with Crippen LogP contribution in [-0.4, -0.2) is 52.9 Å². The fraction of sp³-hybridized carbons (Fsp3) is 0.867. The highest BCUT2D eigenvalue weighted by molar-refractivity contribution is 7.71. The van der Waals surface area contributed by atoms with Crippen LogP contribution in [0.1, 0.15) is 51.0 Å². The maximum atomic E-state index is 5.50. The lowest BCUT2D eigenvalue weighted by Gasteiger charge is -2.36. The first-order valence-corrected chi connectivity index (χ1v) is 8.66. The van der Waals surface area contributed by atoms with Crippen LogP contribution < -0.4 is 4.90 Å². The molecule has 0 radical (unpaired) electrons. The lowest BCUT2D eigenvalue weighted by Crippen LogP contribution is -2.43. The molecule has 21 heavy (non-hydrogen) atoms. The van der Waals surface area contributed by atoms with E-state index in [0.29, 0.717) is 12.1 Å². The number of hydrogen-bond acceptors (Lipinski definition) is 4. The Hall–Kier alpha value is -0.880. The zero-order valence-corrected chi connectivity index (χ0v) is 14.0. The summed E-state index contributed by atoms with van der Waals surface area (Å²) in [6.45, 7) is 2.34. The van der Waals surface area contributed by atoms with Gasteiger partial charge in [-0.3, -0.25) is 4.57 Å². The molecular weight excluding hydrogens is 282 g/mol. The minimum Gasteiger partial charge on any atom is -0.341 e. The van der Waals surface area contributed by atoms with Gasteiger partial charge in [0.05, 0.1) is 0 Å². The van der Waals surface area contributed by atoms with Crippen molar-refractivity contribution in [2.75, 3.05) is 32.1 Å². The van der Waals surface area contributed by atoms with Crippen LogP contribution in [0.15, 0.2) is 0 Å². The normalized spacial score (nSPS) is 22.6. The maximum absolute atomic E-state index is 5.50. The van der Waals surface area contributed by atoms with Crippen molar-refractivity contribution in [1.29, 1.82) is 0 Å². The van der Waals surface area contributed by atoms with Crippen molar-refractivity contribution in [3.05, 3.63) is 4.77 Å². The lowest BCUT2D eigenvalue weighted by atomic mass is 9.95. The molecule has 1 aliphatic heterocycles. The van der Waals surface area contributed by atoms with Crippen LogP contribution in [0.4, 0.5) is 5.95 Å². The Morgan fingerprint density at radius 3 is 2.48 bits per heavy atom. The van der Waals surface area contributed by atoms with Gasteiger partial charge < -0.3 is 9.80 Å². The minimum atomic E-state index is 0.536. The third-order valence-electron chi connectivity index (χ3n) is 5.18. The summed E-state index contributed by atoms with van der Waals surface area (Å²) >= 11 is 5.50. The molecule has 6 heteroatoms. The van der Waals surface area contributed by atoms with Gasteiger partial charge in [-0.15, -0.1) is 5.10 Å². The van der Waals surface area contributed by atoms with Gasteiger partial charge in [-0.1, -0.05) is 19.3 Å². The monoisotopic (exact) mass is 309 g/mol. The average Bonchev–Trinajstić information content (AvgIpc) is 2.90. The van der Waals surface area contributed by atoms with Gasteiger partial charge in [-0.05, 0) is 58.0 Å². The van der Waals surface area contributed by atoms with Gasteiger partial charge in [-0.2, -0.15) is 0 Å². The van der Waals surface area contributed by atoms with Crippen LogP contribution in [-0.2, 0) is 0 Å². The number of likely N-dealkylation sites (tertiary alicyclic amines) is 1. The van der Waals surface area contributed by atoms with Crippen molar-refractivity contribution < 1.29 is 0 Å². The van der Waals surface area contributed by atoms with Crippen molar-refractivity contribution >= 4 is 18.2 Å². The largest absolute Gasteiger partial charge is 0.341 e. The second-order valence-corrected chi connectivity index (χ2v) is 7.02. The van der Waals surface area contributed by atoms with E-state index in [9.17, 15) is 0 Å². The average molecular weight is 309 g/mol. The summed E-state index contributed by atoms with van der Waals surface area (Å²) in [4.78, 5) is 4.76. The molecule has 2 aliphatic rings. The van der Waals surface area contributed by atoms with E-state index in [-0.39, 0.29) is 0 Å². The molecule has 0 amide bonds. The summed E-state index contributed by atoms with van der Waals surface area (Å²) in [6.07, 6.45) is 8.88. The third-order valence-corrected chi connectivity index (χ3v) is 5.46. The molecule has 2 heterocycles. The number of H-pyrrole nitrogens is 1. The first-order valence-electron chi connectivity index (χ1n) is 8.25. The van der Waals surface area contributed by atoms with Crippen LogP contribution >= 0.6 is 12.2 Å². The number of aromatic amines is 1.